The molecule has 77 valence electrons. The van der Waals surface area contributed by atoms with E-state index < -0.39 is 0 Å². The Hall–Kier alpha value is -2.02. The van der Waals surface area contributed by atoms with E-state index in [1.165, 1.54) is 22.0 Å². The summed E-state index contributed by atoms with van der Waals surface area (Å²) in [7, 11) is 2.07. The molecule has 1 nitrogen and oxygen atoms in total. The Morgan fingerprint density at radius 2 is 1.75 bits per heavy atom. The van der Waals surface area contributed by atoms with E-state index in [0.717, 1.165) is 0 Å². The van der Waals surface area contributed by atoms with Crippen LogP contribution in [0.15, 0.2) is 54.7 Å². The van der Waals surface area contributed by atoms with Gasteiger partial charge < -0.3 is 4.57 Å². The third-order valence-electron chi connectivity index (χ3n) is 2.94. The van der Waals surface area contributed by atoms with E-state index in [0.29, 0.717) is 0 Å². The van der Waals surface area contributed by atoms with Gasteiger partial charge in [-0.05, 0) is 35.4 Å². The van der Waals surface area contributed by atoms with Crippen LogP contribution in [-0.4, -0.2) is 4.57 Å². The average Bonchev–Trinajstić information content (AvgIpc) is 2.72. The van der Waals surface area contributed by atoms with Crippen LogP contribution in [0.25, 0.3) is 22.0 Å². The zero-order chi connectivity index (χ0) is 11.0. The van der Waals surface area contributed by atoms with Gasteiger partial charge in [0, 0.05) is 24.1 Å². The molecule has 3 aromatic rings. The van der Waals surface area contributed by atoms with Crippen LogP contribution in [-0.2, 0) is 7.05 Å². The Morgan fingerprint density at radius 3 is 2.56 bits per heavy atom. The number of rotatable bonds is 1. The summed E-state index contributed by atoms with van der Waals surface area (Å²) >= 11 is 0. The molecular weight excluding hydrogens is 194 g/mol. The SMILES string of the molecule is Cn1ccc2cc(-c3cc[c]cc3)ccc21. The highest BCUT2D eigenvalue weighted by Gasteiger charge is 2.00. The van der Waals surface area contributed by atoms with Crippen molar-refractivity contribution in [2.75, 3.05) is 0 Å². The van der Waals surface area contributed by atoms with Crippen LogP contribution in [0.3, 0.4) is 0 Å². The summed E-state index contributed by atoms with van der Waals surface area (Å²) in [6.45, 7) is 0. The topological polar surface area (TPSA) is 4.93 Å². The summed E-state index contributed by atoms with van der Waals surface area (Å²) < 4.78 is 2.14. The van der Waals surface area contributed by atoms with Gasteiger partial charge in [0.2, 0.25) is 0 Å². The van der Waals surface area contributed by atoms with Crippen molar-refractivity contribution in [1.29, 1.82) is 0 Å². The molecule has 1 heterocycles. The molecule has 0 unspecified atom stereocenters. The highest BCUT2D eigenvalue weighted by molar-refractivity contribution is 5.85. The zero-order valence-corrected chi connectivity index (χ0v) is 9.14. The first kappa shape index (κ1) is 9.22. The fourth-order valence-corrected chi connectivity index (χ4v) is 2.04. The molecule has 0 saturated carbocycles. The van der Waals surface area contributed by atoms with Crippen molar-refractivity contribution >= 4 is 10.9 Å². The third kappa shape index (κ3) is 1.41. The van der Waals surface area contributed by atoms with Gasteiger partial charge >= 0.3 is 0 Å². The minimum absolute atomic E-state index is 1.24. The van der Waals surface area contributed by atoms with Crippen LogP contribution in [0, 0.1) is 6.07 Å². The van der Waals surface area contributed by atoms with Crippen LogP contribution in [0.2, 0.25) is 0 Å². The fourth-order valence-electron chi connectivity index (χ4n) is 2.04. The maximum atomic E-state index is 3.04. The lowest BCUT2D eigenvalue weighted by molar-refractivity contribution is 0.969. The van der Waals surface area contributed by atoms with Gasteiger partial charge in [0.1, 0.15) is 0 Å². The highest BCUT2D eigenvalue weighted by atomic mass is 14.9. The molecule has 0 aliphatic carbocycles. The van der Waals surface area contributed by atoms with Gasteiger partial charge in [0.25, 0.3) is 0 Å². The lowest BCUT2D eigenvalue weighted by Gasteiger charge is -2.02. The summed E-state index contributed by atoms with van der Waals surface area (Å²) in [6.07, 6.45) is 2.09. The van der Waals surface area contributed by atoms with Gasteiger partial charge in [0.05, 0.1) is 0 Å². The van der Waals surface area contributed by atoms with Crippen LogP contribution in [0.4, 0.5) is 0 Å². The number of nitrogens with zero attached hydrogens (tertiary/aromatic N) is 1. The van der Waals surface area contributed by atoms with Gasteiger partial charge in [-0.25, -0.2) is 0 Å². The lowest BCUT2D eigenvalue weighted by Crippen LogP contribution is -1.83. The molecule has 3 rings (SSSR count). The minimum Gasteiger partial charge on any atom is -0.351 e. The second-order valence-corrected chi connectivity index (χ2v) is 3.99. The van der Waals surface area contributed by atoms with Crippen LogP contribution >= 0.6 is 0 Å². The minimum atomic E-state index is 1.24. The number of hydrogen-bond acceptors (Lipinski definition) is 0. The molecule has 1 heteroatoms. The molecule has 0 amide bonds. The molecular formula is C15H12N. The van der Waals surface area contributed by atoms with Crippen molar-refractivity contribution in [3.63, 3.8) is 0 Å². The molecule has 0 atom stereocenters. The van der Waals surface area contributed by atoms with Gasteiger partial charge in [-0.2, -0.15) is 0 Å². The number of aromatic nitrogens is 1. The van der Waals surface area contributed by atoms with E-state index in [1.807, 2.05) is 12.1 Å². The summed E-state index contributed by atoms with van der Waals surface area (Å²) in [5.74, 6) is 0. The van der Waals surface area contributed by atoms with E-state index in [1.54, 1.807) is 0 Å². The first-order chi connectivity index (χ1) is 7.84. The molecule has 0 aliphatic rings. The predicted molar refractivity (Wildman–Crippen MR) is 67.2 cm³/mol. The molecule has 0 bridgehead atoms. The van der Waals surface area contributed by atoms with Crippen molar-refractivity contribution in [2.45, 2.75) is 0 Å². The van der Waals surface area contributed by atoms with Crippen molar-refractivity contribution in [3.05, 3.63) is 60.8 Å². The summed E-state index contributed by atoms with van der Waals surface area (Å²) in [5.41, 5.74) is 3.77. The molecule has 1 aromatic heterocycles. The van der Waals surface area contributed by atoms with E-state index in [9.17, 15) is 0 Å². The molecule has 2 aromatic carbocycles. The van der Waals surface area contributed by atoms with Gasteiger partial charge in [0.15, 0.2) is 0 Å². The maximum Gasteiger partial charge on any atom is 0.0478 e. The summed E-state index contributed by atoms with van der Waals surface area (Å²) in [5, 5.41) is 1.29. The van der Waals surface area contributed by atoms with Gasteiger partial charge in [-0.1, -0.05) is 30.3 Å². The Bertz CT molecular complexity index is 620. The zero-order valence-electron chi connectivity index (χ0n) is 9.14. The highest BCUT2D eigenvalue weighted by Crippen LogP contribution is 2.24. The van der Waals surface area contributed by atoms with Crippen molar-refractivity contribution in [2.24, 2.45) is 7.05 Å². The number of aryl methyl sites for hydroxylation is 1. The lowest BCUT2D eigenvalue weighted by atomic mass is 10.0. The number of hydrogen-bond donors (Lipinski definition) is 0. The van der Waals surface area contributed by atoms with Crippen LogP contribution < -0.4 is 0 Å². The van der Waals surface area contributed by atoms with E-state index >= 15 is 0 Å². The Balaban J connectivity index is 2.19. The number of benzene rings is 2. The normalized spacial score (nSPS) is 10.8. The largest absolute Gasteiger partial charge is 0.351 e. The molecule has 16 heavy (non-hydrogen) atoms. The smallest absolute Gasteiger partial charge is 0.0478 e. The van der Waals surface area contributed by atoms with Crippen LogP contribution in [0.1, 0.15) is 0 Å². The van der Waals surface area contributed by atoms with Crippen molar-refractivity contribution in [1.82, 2.24) is 4.57 Å². The maximum absolute atomic E-state index is 3.04. The molecule has 0 fully saturated rings. The average molecular weight is 206 g/mol. The molecule has 0 N–H and O–H groups in total. The van der Waals surface area contributed by atoms with Crippen molar-refractivity contribution < 1.29 is 0 Å². The Morgan fingerprint density at radius 1 is 0.938 bits per heavy atom. The van der Waals surface area contributed by atoms with E-state index in [4.69, 9.17) is 0 Å². The van der Waals surface area contributed by atoms with Gasteiger partial charge in [-0.15, -0.1) is 0 Å². The monoisotopic (exact) mass is 206 g/mol. The second kappa shape index (κ2) is 3.53. The van der Waals surface area contributed by atoms with Crippen molar-refractivity contribution in [3.8, 4) is 11.1 Å². The third-order valence-corrected chi connectivity index (χ3v) is 2.94. The summed E-state index contributed by atoms with van der Waals surface area (Å²) in [6, 6.07) is 19.8. The first-order valence-corrected chi connectivity index (χ1v) is 5.36. The Labute approximate surface area is 95.0 Å². The second-order valence-electron chi connectivity index (χ2n) is 3.99. The van der Waals surface area contributed by atoms with Crippen LogP contribution in [0.5, 0.6) is 0 Å². The standard InChI is InChI=1S/C15H12N/c1-16-10-9-14-11-13(7-8-15(14)16)12-5-3-2-4-6-12/h3-11H,1H3. The van der Waals surface area contributed by atoms with E-state index in [2.05, 4.69) is 60.3 Å². The quantitative estimate of drug-likeness (QED) is 0.572. The fraction of sp³-hybridized carbons (Fsp3) is 0.0667. The number of fused-ring (bicyclic) bond motifs is 1. The first-order valence-electron chi connectivity index (χ1n) is 5.36. The predicted octanol–water partition coefficient (Wildman–Crippen LogP) is 3.65. The molecule has 1 radical (unpaired) electrons. The van der Waals surface area contributed by atoms with E-state index in [-0.39, 0.29) is 0 Å². The van der Waals surface area contributed by atoms with Gasteiger partial charge in [-0.3, -0.25) is 0 Å². The Kier molecular flexibility index (Phi) is 2.03. The summed E-state index contributed by atoms with van der Waals surface area (Å²) in [4.78, 5) is 0. The molecule has 0 spiro atoms. The molecule has 0 saturated heterocycles. The molecule has 0 aliphatic heterocycles.